The number of hydrogen-bond acceptors (Lipinski definition) is 5. The summed E-state index contributed by atoms with van der Waals surface area (Å²) in [5, 5.41) is 10.4. The van der Waals surface area contributed by atoms with Crippen molar-refractivity contribution >= 4 is 40.3 Å². The van der Waals surface area contributed by atoms with Crippen molar-refractivity contribution < 1.29 is 9.59 Å². The zero-order valence-corrected chi connectivity index (χ0v) is 18.9. The number of nitrogens with one attached hydrogen (secondary N) is 3. The molecule has 2 amide bonds. The van der Waals surface area contributed by atoms with Crippen molar-refractivity contribution in [3.8, 4) is 23.5 Å². The third kappa shape index (κ3) is 5.07. The maximum atomic E-state index is 12.2. The van der Waals surface area contributed by atoms with Gasteiger partial charge in [0.2, 0.25) is 5.95 Å². The largest absolute Gasteiger partial charge is 0.352 e. The fourth-order valence-corrected chi connectivity index (χ4v) is 4.33. The topological polar surface area (TPSA) is 96.0 Å². The minimum absolute atomic E-state index is 0.0230. The zero-order valence-electron chi connectivity index (χ0n) is 18.2. The Morgan fingerprint density at radius 1 is 1.18 bits per heavy atom. The van der Waals surface area contributed by atoms with Gasteiger partial charge in [0, 0.05) is 46.4 Å². The van der Waals surface area contributed by atoms with Crippen LogP contribution in [0.5, 0.6) is 0 Å². The van der Waals surface area contributed by atoms with Gasteiger partial charge in [0.1, 0.15) is 0 Å². The predicted molar refractivity (Wildman–Crippen MR) is 130 cm³/mol. The number of anilines is 1. The normalized spacial score (nSPS) is 17.4. The number of rotatable bonds is 6. The first-order valence-electron chi connectivity index (χ1n) is 10.9. The van der Waals surface area contributed by atoms with Crippen molar-refractivity contribution in [2.75, 3.05) is 11.9 Å². The Hall–Kier alpha value is -3.63. The van der Waals surface area contributed by atoms with Gasteiger partial charge < -0.3 is 16.0 Å². The number of halogens is 1. The second-order valence-electron chi connectivity index (χ2n) is 7.93. The van der Waals surface area contributed by atoms with Crippen molar-refractivity contribution in [3.05, 3.63) is 53.2 Å². The van der Waals surface area contributed by atoms with Gasteiger partial charge in [-0.3, -0.25) is 9.59 Å². The molecular formula is C25H24ClN5O2. The van der Waals surface area contributed by atoms with Gasteiger partial charge in [-0.05, 0) is 68.0 Å². The fourth-order valence-electron chi connectivity index (χ4n) is 4.10. The van der Waals surface area contributed by atoms with E-state index in [1.807, 2.05) is 25.1 Å². The number of terminal acetylenes is 1. The quantitative estimate of drug-likeness (QED) is 0.485. The van der Waals surface area contributed by atoms with Crippen LogP contribution in [-0.2, 0) is 4.79 Å². The molecule has 1 aromatic heterocycles. The van der Waals surface area contributed by atoms with Crippen LogP contribution in [0.15, 0.2) is 42.6 Å². The molecule has 0 radical (unpaired) electrons. The standard InChI is InChI=1S/C25H24ClN5O2/c1-3-23(32)29-21-6-5-7-22(21)31-25-28-14-17-12-15(9-11-20(17)30-25)18-13-16(8-10-19(18)26)24(33)27-4-2/h1,8-14,21-22H,4-7H2,2H3,(H,27,33)(H,29,32)(H,28,30,31)/t21-,22+/m0/s1. The SMILES string of the molecule is C#CC(=O)N[C@H]1CCC[C@H]1Nc1ncc2cc(-c3cc(C(=O)NCC)ccc3Cl)ccc2n1. The Labute approximate surface area is 197 Å². The van der Waals surface area contributed by atoms with E-state index in [0.717, 1.165) is 41.3 Å². The van der Waals surface area contributed by atoms with E-state index < -0.39 is 5.91 Å². The molecule has 8 heteroatoms. The van der Waals surface area contributed by atoms with Crippen LogP contribution in [0.2, 0.25) is 5.02 Å². The van der Waals surface area contributed by atoms with Crippen LogP contribution in [0.25, 0.3) is 22.0 Å². The number of fused-ring (bicyclic) bond motifs is 1. The molecule has 3 N–H and O–H groups in total. The second kappa shape index (κ2) is 9.88. The summed E-state index contributed by atoms with van der Waals surface area (Å²) in [6.45, 7) is 2.43. The van der Waals surface area contributed by atoms with Crippen molar-refractivity contribution in [3.63, 3.8) is 0 Å². The van der Waals surface area contributed by atoms with Crippen LogP contribution in [0.3, 0.4) is 0 Å². The third-order valence-electron chi connectivity index (χ3n) is 5.73. The molecule has 1 aliphatic carbocycles. The number of carbonyl (C=O) groups is 2. The third-order valence-corrected chi connectivity index (χ3v) is 6.06. The molecule has 0 saturated heterocycles. The lowest BCUT2D eigenvalue weighted by atomic mass is 10.0. The highest BCUT2D eigenvalue weighted by Crippen LogP contribution is 2.31. The number of benzene rings is 2. The average Bonchev–Trinajstić information content (AvgIpc) is 3.25. The van der Waals surface area contributed by atoms with E-state index in [0.29, 0.717) is 23.1 Å². The van der Waals surface area contributed by atoms with E-state index in [9.17, 15) is 9.59 Å². The zero-order chi connectivity index (χ0) is 23.4. The average molecular weight is 462 g/mol. The molecule has 2 atom stereocenters. The van der Waals surface area contributed by atoms with E-state index in [-0.39, 0.29) is 18.0 Å². The highest BCUT2D eigenvalue weighted by Gasteiger charge is 2.28. The minimum atomic E-state index is -0.407. The Bertz CT molecular complexity index is 1250. The molecule has 168 valence electrons. The van der Waals surface area contributed by atoms with Gasteiger partial charge in [0.15, 0.2) is 0 Å². The van der Waals surface area contributed by atoms with Crippen molar-refractivity contribution in [1.29, 1.82) is 0 Å². The van der Waals surface area contributed by atoms with Crippen molar-refractivity contribution in [2.45, 2.75) is 38.3 Å². The van der Waals surface area contributed by atoms with Crippen molar-refractivity contribution in [2.24, 2.45) is 0 Å². The van der Waals surface area contributed by atoms with Gasteiger partial charge in [-0.15, -0.1) is 6.42 Å². The van der Waals surface area contributed by atoms with Gasteiger partial charge >= 0.3 is 0 Å². The molecule has 3 aromatic rings. The summed E-state index contributed by atoms with van der Waals surface area (Å²) in [6.07, 6.45) is 9.67. The Morgan fingerprint density at radius 2 is 2.00 bits per heavy atom. The Morgan fingerprint density at radius 3 is 2.79 bits per heavy atom. The van der Waals surface area contributed by atoms with Gasteiger partial charge in [-0.25, -0.2) is 9.97 Å². The summed E-state index contributed by atoms with van der Waals surface area (Å²) in [4.78, 5) is 32.9. The van der Waals surface area contributed by atoms with Gasteiger partial charge in [0.25, 0.3) is 11.8 Å². The van der Waals surface area contributed by atoms with Crippen LogP contribution in [0, 0.1) is 12.3 Å². The lowest BCUT2D eigenvalue weighted by molar-refractivity contribution is -0.116. The molecular weight excluding hydrogens is 438 g/mol. The molecule has 2 aromatic carbocycles. The number of nitrogens with zero attached hydrogens (tertiary/aromatic N) is 2. The van der Waals surface area contributed by atoms with Crippen LogP contribution >= 0.6 is 11.6 Å². The lowest BCUT2D eigenvalue weighted by Gasteiger charge is -2.21. The van der Waals surface area contributed by atoms with Crippen LogP contribution in [0.4, 0.5) is 5.95 Å². The summed E-state index contributed by atoms with van der Waals surface area (Å²) in [6, 6.07) is 11.0. The molecule has 0 unspecified atom stereocenters. The molecule has 33 heavy (non-hydrogen) atoms. The molecule has 1 fully saturated rings. The summed E-state index contributed by atoms with van der Waals surface area (Å²) in [5.74, 6) is 2.05. The molecule has 7 nitrogen and oxygen atoms in total. The monoisotopic (exact) mass is 461 g/mol. The fraction of sp³-hybridized carbons (Fsp3) is 0.280. The Kier molecular flexibility index (Phi) is 6.76. The Balaban J connectivity index is 1.56. The van der Waals surface area contributed by atoms with Crippen molar-refractivity contribution in [1.82, 2.24) is 20.6 Å². The second-order valence-corrected chi connectivity index (χ2v) is 8.33. The number of carbonyl (C=O) groups excluding carboxylic acids is 2. The van der Waals surface area contributed by atoms with E-state index in [1.165, 1.54) is 0 Å². The van der Waals surface area contributed by atoms with E-state index in [4.69, 9.17) is 18.0 Å². The summed E-state index contributed by atoms with van der Waals surface area (Å²) in [5.41, 5.74) is 2.96. The smallest absolute Gasteiger partial charge is 0.295 e. The molecule has 1 aliphatic rings. The molecule has 1 saturated carbocycles. The van der Waals surface area contributed by atoms with Crippen LogP contribution in [-0.4, -0.2) is 40.4 Å². The maximum Gasteiger partial charge on any atom is 0.295 e. The molecule has 0 aliphatic heterocycles. The van der Waals surface area contributed by atoms with E-state index in [1.54, 1.807) is 24.4 Å². The minimum Gasteiger partial charge on any atom is -0.352 e. The van der Waals surface area contributed by atoms with Gasteiger partial charge in [-0.1, -0.05) is 17.7 Å². The predicted octanol–water partition coefficient (Wildman–Crippen LogP) is 3.78. The highest BCUT2D eigenvalue weighted by atomic mass is 35.5. The number of amides is 2. The maximum absolute atomic E-state index is 12.2. The summed E-state index contributed by atoms with van der Waals surface area (Å²) in [7, 11) is 0. The first-order chi connectivity index (χ1) is 16.0. The van der Waals surface area contributed by atoms with Crippen LogP contribution in [0.1, 0.15) is 36.5 Å². The first kappa shape index (κ1) is 22.6. The number of aromatic nitrogens is 2. The first-order valence-corrected chi connectivity index (χ1v) is 11.2. The van der Waals surface area contributed by atoms with E-state index in [2.05, 4.69) is 31.8 Å². The molecule has 1 heterocycles. The molecule has 0 bridgehead atoms. The summed E-state index contributed by atoms with van der Waals surface area (Å²) < 4.78 is 0. The van der Waals surface area contributed by atoms with E-state index >= 15 is 0 Å². The molecule has 0 spiro atoms. The summed E-state index contributed by atoms with van der Waals surface area (Å²) >= 11 is 6.43. The highest BCUT2D eigenvalue weighted by molar-refractivity contribution is 6.33. The molecule has 4 rings (SSSR count). The van der Waals surface area contributed by atoms with Crippen LogP contribution < -0.4 is 16.0 Å². The number of hydrogen-bond donors (Lipinski definition) is 3. The van der Waals surface area contributed by atoms with Gasteiger partial charge in [0.05, 0.1) is 5.52 Å². The van der Waals surface area contributed by atoms with Gasteiger partial charge in [-0.2, -0.15) is 0 Å². The lowest BCUT2D eigenvalue weighted by Crippen LogP contribution is -2.43.